The summed E-state index contributed by atoms with van der Waals surface area (Å²) < 4.78 is 12.0. The summed E-state index contributed by atoms with van der Waals surface area (Å²) in [6.45, 7) is 0.717. The van der Waals surface area contributed by atoms with Crippen molar-refractivity contribution in [2.75, 3.05) is 11.0 Å². The van der Waals surface area contributed by atoms with E-state index in [4.69, 9.17) is 9.47 Å². The molecule has 68 valence electrons. The first-order valence-electron chi connectivity index (χ1n) is 4.23. The van der Waals surface area contributed by atoms with Gasteiger partial charge in [-0.15, -0.1) is 0 Å². The molecule has 0 aromatic rings. The molecule has 0 aromatic carbocycles. The van der Waals surface area contributed by atoms with E-state index >= 15 is 0 Å². The molecule has 0 aliphatic carbocycles. The van der Waals surface area contributed by atoms with Crippen molar-refractivity contribution < 1.29 is 14.6 Å². The van der Waals surface area contributed by atoms with Crippen molar-refractivity contribution in [3.8, 4) is 0 Å². The van der Waals surface area contributed by atoms with Gasteiger partial charge < -0.3 is 14.6 Å². The highest BCUT2D eigenvalue weighted by Crippen LogP contribution is 2.39. The van der Waals surface area contributed by atoms with Gasteiger partial charge in [0.05, 0.1) is 12.6 Å². The van der Waals surface area contributed by atoms with Crippen LogP contribution >= 0.6 is 22.6 Å². The van der Waals surface area contributed by atoms with Crippen LogP contribution in [0.3, 0.4) is 0 Å². The minimum absolute atomic E-state index is 0.0391. The zero-order chi connectivity index (χ0) is 8.77. The molecule has 2 heterocycles. The summed E-state index contributed by atoms with van der Waals surface area (Å²) in [7, 11) is 1.97. The summed E-state index contributed by atoms with van der Waals surface area (Å²) in [4.78, 5) is 0. The SMILES string of the molecule is B[C@@H]1O[C@@]2(CI)CCOC1C2O. The molecule has 0 aromatic heterocycles. The molecular weight excluding hydrogens is 270 g/mol. The van der Waals surface area contributed by atoms with Gasteiger partial charge in [-0.3, -0.25) is 0 Å². The molecule has 3 nitrogen and oxygen atoms in total. The van der Waals surface area contributed by atoms with E-state index in [0.29, 0.717) is 0 Å². The van der Waals surface area contributed by atoms with Gasteiger partial charge in [-0.05, 0) is 0 Å². The van der Waals surface area contributed by atoms with Gasteiger partial charge in [-0.25, -0.2) is 0 Å². The maximum atomic E-state index is 9.87. The Morgan fingerprint density at radius 1 is 1.67 bits per heavy atom. The summed E-state index contributed by atoms with van der Waals surface area (Å²) in [5, 5.41) is 9.87. The van der Waals surface area contributed by atoms with Gasteiger partial charge in [-0.2, -0.15) is 0 Å². The molecule has 0 saturated carbocycles. The second-order valence-electron chi connectivity index (χ2n) is 3.55. The average Bonchev–Trinajstić information content (AvgIpc) is 2.23. The minimum atomic E-state index is -0.432. The van der Waals surface area contributed by atoms with Gasteiger partial charge in [0.15, 0.2) is 0 Å². The highest BCUT2D eigenvalue weighted by Gasteiger charge is 2.55. The lowest BCUT2D eigenvalue weighted by molar-refractivity contribution is -0.104. The number of rotatable bonds is 1. The third-order valence-electron chi connectivity index (χ3n) is 2.80. The lowest BCUT2D eigenvalue weighted by Gasteiger charge is -2.34. The van der Waals surface area contributed by atoms with Gasteiger partial charge in [0.1, 0.15) is 25.7 Å². The maximum absolute atomic E-state index is 9.87. The van der Waals surface area contributed by atoms with E-state index < -0.39 is 6.10 Å². The van der Waals surface area contributed by atoms with Crippen molar-refractivity contribution in [3.63, 3.8) is 0 Å². The second-order valence-corrected chi connectivity index (χ2v) is 4.31. The normalized spacial score (nSPS) is 52.7. The van der Waals surface area contributed by atoms with E-state index in [1.807, 2.05) is 7.85 Å². The molecule has 2 aliphatic heterocycles. The predicted octanol–water partition coefficient (Wildman–Crippen LogP) is -0.701. The zero-order valence-electron chi connectivity index (χ0n) is 7.00. The molecule has 5 heteroatoms. The number of aliphatic hydroxyl groups is 1. The lowest BCUT2D eigenvalue weighted by Crippen LogP contribution is -2.50. The van der Waals surface area contributed by atoms with Crippen LogP contribution in [-0.2, 0) is 9.47 Å². The molecule has 2 unspecified atom stereocenters. The van der Waals surface area contributed by atoms with Crippen LogP contribution < -0.4 is 0 Å². The van der Waals surface area contributed by atoms with E-state index in [1.165, 1.54) is 0 Å². The Hall–Kier alpha value is 0.675. The predicted molar refractivity (Wildman–Crippen MR) is 55.4 cm³/mol. The third-order valence-corrected chi connectivity index (χ3v) is 4.09. The van der Waals surface area contributed by atoms with E-state index in [1.54, 1.807) is 0 Å². The fourth-order valence-corrected chi connectivity index (χ4v) is 3.05. The van der Waals surface area contributed by atoms with Crippen LogP contribution in [0.5, 0.6) is 0 Å². The van der Waals surface area contributed by atoms with Crippen molar-refractivity contribution >= 4 is 30.4 Å². The van der Waals surface area contributed by atoms with Crippen LogP contribution in [0, 0.1) is 0 Å². The van der Waals surface area contributed by atoms with Gasteiger partial charge >= 0.3 is 0 Å². The molecule has 2 fully saturated rings. The van der Waals surface area contributed by atoms with Gasteiger partial charge in [0, 0.05) is 10.8 Å². The Kier molecular flexibility index (Phi) is 2.40. The van der Waals surface area contributed by atoms with Crippen LogP contribution in [0.1, 0.15) is 6.42 Å². The molecule has 2 rings (SSSR count). The van der Waals surface area contributed by atoms with Crippen molar-refractivity contribution in [2.45, 2.75) is 30.2 Å². The molecule has 2 bridgehead atoms. The number of aliphatic hydroxyl groups excluding tert-OH is 1. The van der Waals surface area contributed by atoms with Crippen LogP contribution in [0.15, 0.2) is 0 Å². The molecule has 2 saturated heterocycles. The Morgan fingerprint density at radius 2 is 2.42 bits per heavy atom. The summed E-state index contributed by atoms with van der Waals surface area (Å²) in [5.74, 6) is 0. The van der Waals surface area contributed by atoms with Crippen molar-refractivity contribution in [2.24, 2.45) is 0 Å². The number of ether oxygens (including phenoxy) is 2. The number of hydrogen-bond acceptors (Lipinski definition) is 3. The molecule has 1 N–H and O–H groups in total. The Balaban J connectivity index is 2.24. The van der Waals surface area contributed by atoms with Gasteiger partial charge in [0.2, 0.25) is 0 Å². The Bertz CT molecular complexity index is 191. The first-order chi connectivity index (χ1) is 5.69. The number of fused-ring (bicyclic) bond motifs is 2. The van der Waals surface area contributed by atoms with Gasteiger partial charge in [-0.1, -0.05) is 22.6 Å². The standard InChI is InChI=1S/C7H12BIO3/c8-6-4-5(10)7(3-9,12-6)1-2-11-4/h4-6,10H,1-3,8H2/t4?,5?,6-,7-/m1/s1. The largest absolute Gasteiger partial charge is 0.387 e. The van der Waals surface area contributed by atoms with Crippen LogP contribution in [0.25, 0.3) is 0 Å². The Morgan fingerprint density at radius 3 is 3.00 bits per heavy atom. The molecular formula is C7H12BIO3. The van der Waals surface area contributed by atoms with E-state index in [2.05, 4.69) is 22.6 Å². The summed E-state index contributed by atoms with van der Waals surface area (Å²) >= 11 is 2.27. The van der Waals surface area contributed by atoms with Crippen LogP contribution in [0.2, 0.25) is 0 Å². The van der Waals surface area contributed by atoms with Gasteiger partial charge in [0.25, 0.3) is 0 Å². The highest BCUT2D eigenvalue weighted by molar-refractivity contribution is 14.1. The van der Waals surface area contributed by atoms with Crippen LogP contribution in [-0.4, -0.2) is 47.8 Å². The molecule has 0 spiro atoms. The minimum Gasteiger partial charge on any atom is -0.387 e. The molecule has 0 amide bonds. The maximum Gasteiger partial charge on any atom is 0.142 e. The van der Waals surface area contributed by atoms with E-state index in [-0.39, 0.29) is 17.7 Å². The van der Waals surface area contributed by atoms with Crippen molar-refractivity contribution in [1.29, 1.82) is 0 Å². The number of hydrogen-bond donors (Lipinski definition) is 1. The third kappa shape index (κ3) is 1.13. The Labute approximate surface area is 86.4 Å². The lowest BCUT2D eigenvalue weighted by atomic mass is 9.87. The fraction of sp³-hybridized carbons (Fsp3) is 1.00. The summed E-state index contributed by atoms with van der Waals surface area (Å²) in [6.07, 6.45) is 0.282. The second kappa shape index (κ2) is 3.11. The summed E-state index contributed by atoms with van der Waals surface area (Å²) in [6, 6.07) is 0.0391. The molecule has 4 atom stereocenters. The van der Waals surface area contributed by atoms with E-state index in [9.17, 15) is 5.11 Å². The van der Waals surface area contributed by atoms with Crippen LogP contribution in [0.4, 0.5) is 0 Å². The molecule has 12 heavy (non-hydrogen) atoms. The number of alkyl halides is 1. The van der Waals surface area contributed by atoms with Crippen molar-refractivity contribution in [1.82, 2.24) is 0 Å². The molecule has 2 aliphatic rings. The first-order valence-corrected chi connectivity index (χ1v) is 5.76. The molecule has 0 radical (unpaired) electrons. The monoisotopic (exact) mass is 282 g/mol. The average molecular weight is 282 g/mol. The van der Waals surface area contributed by atoms with E-state index in [0.717, 1.165) is 17.5 Å². The quantitative estimate of drug-likeness (QED) is 0.392. The van der Waals surface area contributed by atoms with Crippen molar-refractivity contribution in [3.05, 3.63) is 0 Å². The summed E-state index contributed by atoms with van der Waals surface area (Å²) in [5.41, 5.74) is -0.317. The fourth-order valence-electron chi connectivity index (χ4n) is 2.04. The topological polar surface area (TPSA) is 38.7 Å². The first kappa shape index (κ1) is 9.24. The highest BCUT2D eigenvalue weighted by atomic mass is 127. The zero-order valence-corrected chi connectivity index (χ0v) is 9.15. The smallest absolute Gasteiger partial charge is 0.142 e. The number of halogens is 1.